The Labute approximate surface area is 467 Å². The van der Waals surface area contributed by atoms with E-state index in [-0.39, 0.29) is 50.6 Å². The maximum absolute atomic E-state index is 10.0. The summed E-state index contributed by atoms with van der Waals surface area (Å²) in [5.41, 5.74) is 12.9. The average Bonchev–Trinajstić information content (AvgIpc) is 1.61. The second-order valence-corrected chi connectivity index (χ2v) is 23.4. The molecule has 0 fully saturated rings. The highest BCUT2D eigenvalue weighted by atomic mass is 16.5. The molecule has 11 aromatic rings. The molecule has 4 heterocycles. The fourth-order valence-corrected chi connectivity index (χ4v) is 10.9. The smallest absolute Gasteiger partial charge is 0.138 e. The Morgan fingerprint density at radius 2 is 1.09 bits per heavy atom. The van der Waals surface area contributed by atoms with Gasteiger partial charge in [-0.25, -0.2) is 4.98 Å². The average molecular weight is 1010 g/mol. The molecule has 2 aromatic heterocycles. The molecule has 0 radical (unpaired) electrons. The van der Waals surface area contributed by atoms with Crippen molar-refractivity contribution in [2.24, 2.45) is 0 Å². The van der Waals surface area contributed by atoms with E-state index in [1.807, 2.05) is 30.3 Å². The van der Waals surface area contributed by atoms with Crippen molar-refractivity contribution >= 4 is 44.6 Å². The molecule has 2 aliphatic rings. The SMILES string of the molecule is [2H]c1c([2H])c([2H])c(-c2c([2H])c([2H])c3c(c2[2H])c2c([2H])c([2H])c4cc2n3-c2cc(C(C)(C)C)cc(n2)-c2cccc(c2)-c2ccccc2-c2cccc(-c3cccc(C(C)(C)C)c3)c2N2CN(c3cc(cc(C(C)(C)C)c3)O4)c3ccccc32)c([2H])c1[2H]. The van der Waals surface area contributed by atoms with Crippen LogP contribution in [0.15, 0.2) is 212 Å². The van der Waals surface area contributed by atoms with Crippen molar-refractivity contribution in [3.8, 4) is 73.1 Å². The molecule has 5 nitrogen and oxygen atoms in total. The van der Waals surface area contributed by atoms with Crippen molar-refractivity contribution in [2.75, 3.05) is 16.5 Å². The van der Waals surface area contributed by atoms with Gasteiger partial charge in [0.05, 0.1) is 47.5 Å². The standard InChI is InChI=1S/C72H64N4O/c1-70(2,3)51-25-18-23-49(37-51)58-28-19-29-61-59-27-14-13-26-57(59)48-22-17-24-50(36-48)63-41-53(72(7,8)9)42-68(73-63)76-64-35-32-47(46-20-11-10-12-21-46)38-62(64)60-34-33-55(44-67(60)76)77-56-40-52(71(4,5)6)39-54(43-56)74-45-75(69(58)61)66-31-16-15-30-65(66)74/h10-44H,45H2,1-9H3/i10D,11D,12D,20D,21D,32D,33D,34D,35D,38D. The Morgan fingerprint density at radius 1 is 0.442 bits per heavy atom. The molecule has 0 saturated carbocycles. The van der Waals surface area contributed by atoms with Gasteiger partial charge in [-0.1, -0.05) is 196 Å². The first kappa shape index (κ1) is 38.0. The van der Waals surface area contributed by atoms with Gasteiger partial charge in [-0.15, -0.1) is 0 Å². The summed E-state index contributed by atoms with van der Waals surface area (Å²) in [6, 6.07) is 47.1. The first-order chi connectivity index (χ1) is 41.2. The third kappa shape index (κ3) is 8.55. The largest absolute Gasteiger partial charge is 0.457 e. The Hall–Kier alpha value is -8.67. The summed E-state index contributed by atoms with van der Waals surface area (Å²) in [6.45, 7) is 19.8. The van der Waals surface area contributed by atoms with E-state index in [2.05, 4.69) is 187 Å². The molecule has 0 aliphatic carbocycles. The third-order valence-electron chi connectivity index (χ3n) is 15.1. The van der Waals surface area contributed by atoms with E-state index in [0.29, 0.717) is 23.9 Å². The summed E-state index contributed by atoms with van der Waals surface area (Å²) in [5, 5.41) is 0.0491. The van der Waals surface area contributed by atoms with Crippen LogP contribution in [-0.4, -0.2) is 16.2 Å². The van der Waals surface area contributed by atoms with Gasteiger partial charge in [0, 0.05) is 45.3 Å². The molecule has 0 amide bonds. The van der Waals surface area contributed by atoms with Gasteiger partial charge in [0.15, 0.2) is 0 Å². The monoisotopic (exact) mass is 1010 g/mol. The highest BCUT2D eigenvalue weighted by Crippen LogP contribution is 2.52. The van der Waals surface area contributed by atoms with Crippen LogP contribution in [0, 0.1) is 0 Å². The van der Waals surface area contributed by atoms with Gasteiger partial charge >= 0.3 is 0 Å². The van der Waals surface area contributed by atoms with E-state index in [9.17, 15) is 6.85 Å². The number of benzene rings is 9. The van der Waals surface area contributed by atoms with Crippen LogP contribution in [0.1, 0.15) is 92.7 Å². The second-order valence-electron chi connectivity index (χ2n) is 23.4. The minimum Gasteiger partial charge on any atom is -0.457 e. The van der Waals surface area contributed by atoms with Crippen molar-refractivity contribution in [1.82, 2.24) is 9.55 Å². The number of aromatic nitrogens is 2. The number of anilines is 4. The molecule has 0 spiro atoms. The van der Waals surface area contributed by atoms with Gasteiger partial charge in [0.25, 0.3) is 0 Å². The van der Waals surface area contributed by atoms with Gasteiger partial charge in [0.1, 0.15) is 24.0 Å². The predicted molar refractivity (Wildman–Crippen MR) is 324 cm³/mol. The zero-order valence-electron chi connectivity index (χ0n) is 54.8. The topological polar surface area (TPSA) is 33.5 Å². The van der Waals surface area contributed by atoms with Gasteiger partial charge in [-0.05, 0) is 133 Å². The fourth-order valence-electron chi connectivity index (χ4n) is 10.9. The summed E-state index contributed by atoms with van der Waals surface area (Å²) >= 11 is 0. The molecule has 13 rings (SSSR count). The van der Waals surface area contributed by atoms with E-state index in [0.717, 1.165) is 72.8 Å². The molecule has 10 bridgehead atoms. The normalized spacial score (nSPS) is 15.1. The van der Waals surface area contributed by atoms with Crippen LogP contribution in [-0.2, 0) is 16.2 Å². The van der Waals surface area contributed by atoms with Crippen LogP contribution in [0.4, 0.5) is 22.7 Å². The van der Waals surface area contributed by atoms with Crippen LogP contribution < -0.4 is 14.5 Å². The molecular formula is C72H64N4O. The second kappa shape index (κ2) is 18.0. The lowest BCUT2D eigenvalue weighted by atomic mass is 9.84. The van der Waals surface area contributed by atoms with Gasteiger partial charge in [0.2, 0.25) is 0 Å². The van der Waals surface area contributed by atoms with Crippen molar-refractivity contribution in [1.29, 1.82) is 0 Å². The Kier molecular flexibility index (Phi) is 8.87. The highest BCUT2D eigenvalue weighted by molar-refractivity contribution is 6.11. The Balaban J connectivity index is 1.16. The van der Waals surface area contributed by atoms with Crippen LogP contribution in [0.5, 0.6) is 11.5 Å². The Morgan fingerprint density at radius 3 is 1.86 bits per heavy atom. The summed E-state index contributed by atoms with van der Waals surface area (Å²) in [6.07, 6.45) is 0. The minimum absolute atomic E-state index is 0.00614. The number of pyridine rings is 1. The number of fused-ring (bicyclic) bond motifs is 23. The van der Waals surface area contributed by atoms with E-state index < -0.39 is 64.7 Å². The van der Waals surface area contributed by atoms with Crippen LogP contribution in [0.3, 0.4) is 0 Å². The zero-order chi connectivity index (χ0) is 61.7. The summed E-state index contributed by atoms with van der Waals surface area (Å²) in [4.78, 5) is 10.2. The number of ether oxygens (including phenoxy) is 1. The fraction of sp³-hybridized carbons (Fsp3) is 0.181. The van der Waals surface area contributed by atoms with Gasteiger partial charge < -0.3 is 14.5 Å². The van der Waals surface area contributed by atoms with Crippen molar-refractivity contribution < 1.29 is 18.4 Å². The molecular weight excluding hydrogens is 937 g/mol. The quantitative estimate of drug-likeness (QED) is 0.173. The molecule has 0 N–H and O–H groups in total. The van der Waals surface area contributed by atoms with Crippen molar-refractivity contribution in [3.63, 3.8) is 0 Å². The number of hydrogen-bond acceptors (Lipinski definition) is 4. The lowest BCUT2D eigenvalue weighted by Gasteiger charge is -2.29. The number of hydrogen-bond donors (Lipinski definition) is 0. The lowest BCUT2D eigenvalue weighted by molar-refractivity contribution is 0.479. The molecule has 0 atom stereocenters. The van der Waals surface area contributed by atoms with Crippen LogP contribution in [0.25, 0.3) is 83.4 Å². The van der Waals surface area contributed by atoms with Crippen LogP contribution in [0.2, 0.25) is 0 Å². The maximum Gasteiger partial charge on any atom is 0.138 e. The summed E-state index contributed by atoms with van der Waals surface area (Å²) < 4.78 is 102. The lowest BCUT2D eigenvalue weighted by Crippen LogP contribution is -2.25. The number of rotatable bonds is 2. The number of nitrogens with zero attached hydrogens (tertiary/aromatic N) is 4. The van der Waals surface area contributed by atoms with E-state index in [4.69, 9.17) is 16.6 Å². The maximum atomic E-state index is 10.0. The van der Waals surface area contributed by atoms with Gasteiger partial charge in [-0.3, -0.25) is 4.57 Å². The zero-order valence-corrected chi connectivity index (χ0v) is 44.8. The molecule has 0 unspecified atom stereocenters. The van der Waals surface area contributed by atoms with Crippen molar-refractivity contribution in [2.45, 2.75) is 78.6 Å². The van der Waals surface area contributed by atoms with Crippen molar-refractivity contribution in [3.05, 3.63) is 229 Å². The predicted octanol–water partition coefficient (Wildman–Crippen LogP) is 19.8. The van der Waals surface area contributed by atoms with Crippen LogP contribution >= 0.6 is 0 Å². The first-order valence-corrected chi connectivity index (χ1v) is 26.3. The van der Waals surface area contributed by atoms with E-state index in [1.54, 1.807) is 10.6 Å². The summed E-state index contributed by atoms with van der Waals surface area (Å²) in [7, 11) is 0. The molecule has 9 aromatic carbocycles. The highest BCUT2D eigenvalue weighted by Gasteiger charge is 2.33. The minimum atomic E-state index is -0.655. The van der Waals surface area contributed by atoms with E-state index >= 15 is 0 Å². The summed E-state index contributed by atoms with van der Waals surface area (Å²) in [5.74, 6) is 0.703. The molecule has 0 saturated heterocycles. The molecule has 2 aliphatic heterocycles. The number of para-hydroxylation sites is 3. The molecule has 77 heavy (non-hydrogen) atoms. The van der Waals surface area contributed by atoms with E-state index in [1.165, 1.54) is 5.56 Å². The first-order valence-electron chi connectivity index (χ1n) is 31.3. The Bertz CT molecular complexity index is 4710. The molecule has 5 heteroatoms. The third-order valence-corrected chi connectivity index (χ3v) is 15.1. The van der Waals surface area contributed by atoms with Gasteiger partial charge in [-0.2, -0.15) is 0 Å². The molecule has 378 valence electrons.